The van der Waals surface area contributed by atoms with Crippen LogP contribution < -0.4 is 0 Å². The Morgan fingerprint density at radius 2 is 1.50 bits per heavy atom. The third-order valence-electron chi connectivity index (χ3n) is 3.22. The highest BCUT2D eigenvalue weighted by Crippen LogP contribution is 2.38. The van der Waals surface area contributed by atoms with Gasteiger partial charge in [0, 0.05) is 5.38 Å². The van der Waals surface area contributed by atoms with Crippen molar-refractivity contribution < 1.29 is 19.1 Å². The minimum atomic E-state index is -0.476. The molecule has 1 aliphatic carbocycles. The summed E-state index contributed by atoms with van der Waals surface area (Å²) < 4.78 is 9.40. The Bertz CT molecular complexity index is 251. The third kappa shape index (κ3) is 2.67. The van der Waals surface area contributed by atoms with Gasteiger partial charge in [-0.2, -0.15) is 0 Å². The Morgan fingerprint density at radius 1 is 1.06 bits per heavy atom. The van der Waals surface area contributed by atoms with Gasteiger partial charge in [-0.25, -0.2) is 0 Å². The van der Waals surface area contributed by atoms with Gasteiger partial charge in [0.2, 0.25) is 0 Å². The first-order valence-electron chi connectivity index (χ1n) is 5.31. The van der Waals surface area contributed by atoms with Crippen LogP contribution in [0.15, 0.2) is 0 Å². The quantitative estimate of drug-likeness (QED) is 0.550. The fraction of sp³-hybridized carbons (Fsp3) is 0.818. The fourth-order valence-corrected chi connectivity index (χ4v) is 2.47. The molecule has 92 valence electrons. The summed E-state index contributed by atoms with van der Waals surface area (Å²) in [7, 11) is 2.64. The molecule has 0 aromatic carbocycles. The van der Waals surface area contributed by atoms with Crippen LogP contribution in [-0.2, 0) is 19.1 Å². The summed E-state index contributed by atoms with van der Waals surface area (Å²) in [5, 5.41) is -0.0926. The van der Waals surface area contributed by atoms with Crippen molar-refractivity contribution in [1.82, 2.24) is 0 Å². The number of esters is 2. The first kappa shape index (κ1) is 13.3. The van der Waals surface area contributed by atoms with Crippen molar-refractivity contribution in [2.45, 2.75) is 25.1 Å². The Balaban J connectivity index is 2.83. The van der Waals surface area contributed by atoms with Gasteiger partial charge >= 0.3 is 11.9 Å². The monoisotopic (exact) mass is 248 g/mol. The maximum absolute atomic E-state index is 11.6. The highest BCUT2D eigenvalue weighted by atomic mass is 35.5. The average molecular weight is 249 g/mol. The Kier molecular flexibility index (Phi) is 4.59. The van der Waals surface area contributed by atoms with Gasteiger partial charge in [0.25, 0.3) is 0 Å². The largest absolute Gasteiger partial charge is 0.469 e. The molecule has 0 spiro atoms. The van der Waals surface area contributed by atoms with Gasteiger partial charge in [0.15, 0.2) is 0 Å². The molecule has 0 aliphatic heterocycles. The topological polar surface area (TPSA) is 52.6 Å². The molecule has 4 atom stereocenters. The van der Waals surface area contributed by atoms with E-state index in [4.69, 9.17) is 21.1 Å². The molecule has 0 saturated heterocycles. The second-order valence-electron chi connectivity index (χ2n) is 4.22. The molecular formula is C11H17ClO4. The van der Waals surface area contributed by atoms with Gasteiger partial charge in [-0.1, -0.05) is 6.92 Å². The molecule has 4 nitrogen and oxygen atoms in total. The minimum absolute atomic E-state index is 0.0926. The van der Waals surface area contributed by atoms with Gasteiger partial charge in [-0.05, 0) is 18.8 Å². The molecule has 0 N–H and O–H groups in total. The number of hydrogen-bond acceptors (Lipinski definition) is 4. The molecule has 1 aliphatic rings. The highest BCUT2D eigenvalue weighted by molar-refractivity contribution is 6.21. The van der Waals surface area contributed by atoms with Crippen LogP contribution in [0.25, 0.3) is 0 Å². The predicted octanol–water partition coefficient (Wildman–Crippen LogP) is 1.60. The molecule has 1 fully saturated rings. The molecule has 16 heavy (non-hydrogen) atoms. The summed E-state index contributed by atoms with van der Waals surface area (Å²) in [6, 6.07) is 0. The molecule has 0 amide bonds. The number of methoxy groups -OCH3 is 2. The van der Waals surface area contributed by atoms with Gasteiger partial charge in [0.05, 0.1) is 26.1 Å². The average Bonchev–Trinajstić information content (AvgIpc) is 2.30. The van der Waals surface area contributed by atoms with Crippen LogP contribution in [0.5, 0.6) is 0 Å². The molecule has 1 saturated carbocycles. The fourth-order valence-electron chi connectivity index (χ4n) is 2.18. The van der Waals surface area contributed by atoms with Crippen molar-refractivity contribution in [2.24, 2.45) is 17.8 Å². The molecule has 0 radical (unpaired) electrons. The minimum Gasteiger partial charge on any atom is -0.469 e. The van der Waals surface area contributed by atoms with Crippen LogP contribution in [0.2, 0.25) is 0 Å². The lowest BCUT2D eigenvalue weighted by atomic mass is 9.74. The number of ether oxygens (including phenoxy) is 2. The van der Waals surface area contributed by atoms with Crippen LogP contribution in [0.1, 0.15) is 19.8 Å². The van der Waals surface area contributed by atoms with E-state index in [-0.39, 0.29) is 23.2 Å². The predicted molar refractivity (Wildman–Crippen MR) is 59.1 cm³/mol. The van der Waals surface area contributed by atoms with Gasteiger partial charge in [-0.3, -0.25) is 9.59 Å². The summed E-state index contributed by atoms with van der Waals surface area (Å²) in [6.07, 6.45) is 1.04. The van der Waals surface area contributed by atoms with Crippen molar-refractivity contribution >= 4 is 23.5 Å². The lowest BCUT2D eigenvalue weighted by molar-refractivity contribution is -0.160. The zero-order chi connectivity index (χ0) is 12.3. The van der Waals surface area contributed by atoms with E-state index in [2.05, 4.69) is 0 Å². The molecule has 1 rings (SSSR count). The summed E-state index contributed by atoms with van der Waals surface area (Å²) in [6.45, 7) is 1.97. The molecule has 0 aromatic rings. The number of carbonyl (C=O) groups is 2. The first-order valence-corrected chi connectivity index (χ1v) is 5.74. The Hall–Kier alpha value is -0.770. The van der Waals surface area contributed by atoms with E-state index < -0.39 is 11.8 Å². The van der Waals surface area contributed by atoms with Gasteiger partial charge in [0.1, 0.15) is 0 Å². The second-order valence-corrected chi connectivity index (χ2v) is 4.78. The number of halogens is 1. The molecular weight excluding hydrogens is 232 g/mol. The molecule has 0 bridgehead atoms. The van der Waals surface area contributed by atoms with E-state index in [1.54, 1.807) is 0 Å². The molecule has 0 heterocycles. The van der Waals surface area contributed by atoms with Crippen molar-refractivity contribution in [3.8, 4) is 0 Å². The van der Waals surface area contributed by atoms with Gasteiger partial charge < -0.3 is 9.47 Å². The maximum atomic E-state index is 11.6. The Morgan fingerprint density at radius 3 is 1.94 bits per heavy atom. The summed E-state index contributed by atoms with van der Waals surface area (Å²) in [5.74, 6) is -1.44. The van der Waals surface area contributed by atoms with Crippen LogP contribution in [0.4, 0.5) is 0 Å². The standard InChI is InChI=1S/C11H17ClO4/c1-6-4-7(10(13)15-2)8(5-9(6)12)11(14)16-3/h6-9H,4-5H2,1-3H3/t6-,7?,8?,9?/m1/s1. The number of alkyl halides is 1. The number of hydrogen-bond donors (Lipinski definition) is 0. The van der Waals surface area contributed by atoms with Crippen LogP contribution in [0.3, 0.4) is 0 Å². The summed E-state index contributed by atoms with van der Waals surface area (Å²) in [5.41, 5.74) is 0. The maximum Gasteiger partial charge on any atom is 0.309 e. The zero-order valence-corrected chi connectivity index (χ0v) is 10.5. The van der Waals surface area contributed by atoms with Crippen molar-refractivity contribution in [3.63, 3.8) is 0 Å². The SMILES string of the molecule is COC(=O)C1CC(Cl)[C@H](C)CC1C(=O)OC. The van der Waals surface area contributed by atoms with Crippen molar-refractivity contribution in [3.05, 3.63) is 0 Å². The van der Waals surface area contributed by atoms with E-state index in [1.165, 1.54) is 14.2 Å². The first-order chi connectivity index (χ1) is 7.51. The van der Waals surface area contributed by atoms with E-state index in [1.807, 2.05) is 6.92 Å². The van der Waals surface area contributed by atoms with E-state index in [9.17, 15) is 9.59 Å². The van der Waals surface area contributed by atoms with Crippen LogP contribution in [0, 0.1) is 17.8 Å². The van der Waals surface area contributed by atoms with E-state index in [0.717, 1.165) is 0 Å². The summed E-state index contributed by atoms with van der Waals surface area (Å²) in [4.78, 5) is 23.1. The van der Waals surface area contributed by atoms with Crippen LogP contribution >= 0.6 is 11.6 Å². The lowest BCUT2D eigenvalue weighted by Crippen LogP contribution is -2.40. The van der Waals surface area contributed by atoms with E-state index >= 15 is 0 Å². The normalized spacial score (nSPS) is 34.2. The zero-order valence-electron chi connectivity index (χ0n) is 9.73. The molecule has 0 aromatic heterocycles. The smallest absolute Gasteiger partial charge is 0.309 e. The molecule has 3 unspecified atom stereocenters. The summed E-state index contributed by atoms with van der Waals surface area (Å²) >= 11 is 6.12. The third-order valence-corrected chi connectivity index (χ3v) is 3.82. The second kappa shape index (κ2) is 5.53. The molecule has 5 heteroatoms. The Labute approximate surface area is 100 Å². The lowest BCUT2D eigenvalue weighted by Gasteiger charge is -2.34. The van der Waals surface area contributed by atoms with Crippen molar-refractivity contribution in [2.75, 3.05) is 14.2 Å². The van der Waals surface area contributed by atoms with E-state index in [0.29, 0.717) is 12.8 Å². The number of carbonyl (C=O) groups excluding carboxylic acids is 2. The highest BCUT2D eigenvalue weighted by Gasteiger charge is 2.43. The van der Waals surface area contributed by atoms with Gasteiger partial charge in [-0.15, -0.1) is 11.6 Å². The van der Waals surface area contributed by atoms with Crippen LogP contribution in [-0.4, -0.2) is 31.5 Å². The van der Waals surface area contributed by atoms with Crippen molar-refractivity contribution in [1.29, 1.82) is 0 Å². The number of rotatable bonds is 2.